The SMILES string of the molecule is O=C1CCC(NC(=O)c2cccc(COc3cccc(F)c3)c2)CN1. The van der Waals surface area contributed by atoms with Crippen molar-refractivity contribution in [1.82, 2.24) is 10.6 Å². The van der Waals surface area contributed by atoms with Crippen LogP contribution >= 0.6 is 0 Å². The van der Waals surface area contributed by atoms with Gasteiger partial charge in [0.1, 0.15) is 18.2 Å². The third-order valence-corrected chi connectivity index (χ3v) is 3.99. The molecule has 1 fully saturated rings. The normalized spacial score (nSPS) is 16.8. The molecule has 0 aliphatic carbocycles. The number of halogens is 1. The lowest BCUT2D eigenvalue weighted by atomic mass is 10.1. The van der Waals surface area contributed by atoms with E-state index in [0.29, 0.717) is 30.7 Å². The smallest absolute Gasteiger partial charge is 0.251 e. The molecule has 0 radical (unpaired) electrons. The Morgan fingerprint density at radius 2 is 2.08 bits per heavy atom. The molecule has 1 saturated heterocycles. The number of rotatable bonds is 5. The van der Waals surface area contributed by atoms with Gasteiger partial charge in [-0.3, -0.25) is 9.59 Å². The van der Waals surface area contributed by atoms with Crippen molar-refractivity contribution in [2.75, 3.05) is 6.54 Å². The molecular weight excluding hydrogens is 323 g/mol. The second-order valence-electron chi connectivity index (χ2n) is 5.96. The molecule has 0 saturated carbocycles. The summed E-state index contributed by atoms with van der Waals surface area (Å²) in [5, 5.41) is 5.66. The van der Waals surface area contributed by atoms with Crippen molar-refractivity contribution in [2.45, 2.75) is 25.5 Å². The Labute approximate surface area is 145 Å². The van der Waals surface area contributed by atoms with E-state index in [1.807, 2.05) is 6.07 Å². The highest BCUT2D eigenvalue weighted by molar-refractivity contribution is 5.94. The van der Waals surface area contributed by atoms with Crippen molar-refractivity contribution < 1.29 is 18.7 Å². The van der Waals surface area contributed by atoms with E-state index in [0.717, 1.165) is 5.56 Å². The Bertz CT molecular complexity index is 769. The number of carbonyl (C=O) groups excluding carboxylic acids is 2. The third-order valence-electron chi connectivity index (χ3n) is 3.99. The van der Waals surface area contributed by atoms with Gasteiger partial charge in [-0.1, -0.05) is 18.2 Å². The molecule has 0 aromatic heterocycles. The fourth-order valence-corrected chi connectivity index (χ4v) is 2.65. The van der Waals surface area contributed by atoms with E-state index in [1.165, 1.54) is 12.1 Å². The molecular formula is C19H19FN2O3. The average molecular weight is 342 g/mol. The summed E-state index contributed by atoms with van der Waals surface area (Å²) in [6.45, 7) is 0.691. The molecule has 2 amide bonds. The highest BCUT2D eigenvalue weighted by atomic mass is 19.1. The van der Waals surface area contributed by atoms with Gasteiger partial charge in [0, 0.05) is 30.6 Å². The van der Waals surface area contributed by atoms with E-state index >= 15 is 0 Å². The fraction of sp³-hybridized carbons (Fsp3) is 0.263. The summed E-state index contributed by atoms with van der Waals surface area (Å²) in [6.07, 6.45) is 1.06. The fourth-order valence-electron chi connectivity index (χ4n) is 2.65. The van der Waals surface area contributed by atoms with Crippen LogP contribution in [0.15, 0.2) is 48.5 Å². The highest BCUT2D eigenvalue weighted by Gasteiger charge is 2.20. The number of nitrogens with one attached hydrogen (secondary N) is 2. The summed E-state index contributed by atoms with van der Waals surface area (Å²) in [7, 11) is 0. The van der Waals surface area contributed by atoms with E-state index in [9.17, 15) is 14.0 Å². The monoisotopic (exact) mass is 342 g/mol. The first-order valence-corrected chi connectivity index (χ1v) is 8.15. The van der Waals surface area contributed by atoms with Gasteiger partial charge >= 0.3 is 0 Å². The molecule has 0 bridgehead atoms. The summed E-state index contributed by atoms with van der Waals surface area (Å²) in [4.78, 5) is 23.5. The highest BCUT2D eigenvalue weighted by Crippen LogP contribution is 2.15. The van der Waals surface area contributed by atoms with Crippen LogP contribution in [0.2, 0.25) is 0 Å². The molecule has 2 aromatic rings. The van der Waals surface area contributed by atoms with Gasteiger partial charge in [0.2, 0.25) is 5.91 Å². The lowest BCUT2D eigenvalue weighted by molar-refractivity contribution is -0.122. The number of benzene rings is 2. The van der Waals surface area contributed by atoms with E-state index in [-0.39, 0.29) is 30.3 Å². The third kappa shape index (κ3) is 4.79. The number of amides is 2. The molecule has 5 nitrogen and oxygen atoms in total. The van der Waals surface area contributed by atoms with Gasteiger partial charge in [0.15, 0.2) is 0 Å². The maximum Gasteiger partial charge on any atom is 0.251 e. The molecule has 3 rings (SSSR count). The Morgan fingerprint density at radius 3 is 2.84 bits per heavy atom. The molecule has 2 N–H and O–H groups in total. The second kappa shape index (κ2) is 7.79. The molecule has 1 aliphatic rings. The van der Waals surface area contributed by atoms with Crippen LogP contribution in [0, 0.1) is 5.82 Å². The van der Waals surface area contributed by atoms with Crippen LogP contribution in [-0.4, -0.2) is 24.4 Å². The van der Waals surface area contributed by atoms with Crippen LogP contribution in [-0.2, 0) is 11.4 Å². The van der Waals surface area contributed by atoms with E-state index in [4.69, 9.17) is 4.74 Å². The van der Waals surface area contributed by atoms with E-state index < -0.39 is 0 Å². The van der Waals surface area contributed by atoms with Gasteiger partial charge in [-0.25, -0.2) is 4.39 Å². The zero-order chi connectivity index (χ0) is 17.6. The predicted molar refractivity (Wildman–Crippen MR) is 90.7 cm³/mol. The van der Waals surface area contributed by atoms with Crippen molar-refractivity contribution in [3.8, 4) is 5.75 Å². The minimum absolute atomic E-state index is 0.0157. The van der Waals surface area contributed by atoms with Crippen LogP contribution in [0.5, 0.6) is 5.75 Å². The quantitative estimate of drug-likeness (QED) is 0.877. The summed E-state index contributed by atoms with van der Waals surface area (Å²) < 4.78 is 18.7. The summed E-state index contributed by atoms with van der Waals surface area (Å²) >= 11 is 0. The van der Waals surface area contributed by atoms with E-state index in [2.05, 4.69) is 10.6 Å². The summed E-state index contributed by atoms with van der Waals surface area (Å²) in [6, 6.07) is 13.0. The van der Waals surface area contributed by atoms with Crippen LogP contribution in [0.3, 0.4) is 0 Å². The molecule has 1 atom stereocenters. The standard InChI is InChI=1S/C19H19FN2O3/c20-15-5-2-6-17(10-15)25-12-13-3-1-4-14(9-13)19(24)22-16-7-8-18(23)21-11-16/h1-6,9-10,16H,7-8,11-12H2,(H,21,23)(H,22,24). The van der Waals surface area contributed by atoms with Crippen LogP contribution < -0.4 is 15.4 Å². The minimum Gasteiger partial charge on any atom is -0.489 e. The van der Waals surface area contributed by atoms with Gasteiger partial charge in [0.05, 0.1) is 0 Å². The lowest BCUT2D eigenvalue weighted by Gasteiger charge is -2.23. The number of ether oxygens (including phenoxy) is 1. The van der Waals surface area contributed by atoms with Crippen molar-refractivity contribution in [3.63, 3.8) is 0 Å². The Hall–Kier alpha value is -2.89. The van der Waals surface area contributed by atoms with Gasteiger partial charge in [-0.05, 0) is 36.2 Å². The molecule has 6 heteroatoms. The van der Waals surface area contributed by atoms with Crippen molar-refractivity contribution in [3.05, 3.63) is 65.5 Å². The number of hydrogen-bond acceptors (Lipinski definition) is 3. The van der Waals surface area contributed by atoms with Crippen molar-refractivity contribution >= 4 is 11.8 Å². The Morgan fingerprint density at radius 1 is 1.24 bits per heavy atom. The first kappa shape index (κ1) is 17.0. The number of carbonyl (C=O) groups is 2. The van der Waals surface area contributed by atoms with Crippen LogP contribution in [0.1, 0.15) is 28.8 Å². The van der Waals surface area contributed by atoms with Gasteiger partial charge in [-0.15, -0.1) is 0 Å². The largest absolute Gasteiger partial charge is 0.489 e. The topological polar surface area (TPSA) is 67.4 Å². The minimum atomic E-state index is -0.356. The summed E-state index contributed by atoms with van der Waals surface area (Å²) in [5.74, 6) is -0.0891. The maximum atomic E-state index is 13.2. The Kier molecular flexibility index (Phi) is 5.28. The molecule has 25 heavy (non-hydrogen) atoms. The molecule has 130 valence electrons. The summed E-state index contributed by atoms with van der Waals surface area (Å²) in [5.41, 5.74) is 1.34. The first-order chi connectivity index (χ1) is 12.1. The zero-order valence-electron chi connectivity index (χ0n) is 13.6. The predicted octanol–water partition coefficient (Wildman–Crippen LogP) is 2.41. The van der Waals surface area contributed by atoms with Gasteiger partial charge in [-0.2, -0.15) is 0 Å². The zero-order valence-corrected chi connectivity index (χ0v) is 13.6. The van der Waals surface area contributed by atoms with Crippen LogP contribution in [0.25, 0.3) is 0 Å². The number of hydrogen-bond donors (Lipinski definition) is 2. The van der Waals surface area contributed by atoms with Gasteiger partial charge < -0.3 is 15.4 Å². The van der Waals surface area contributed by atoms with Crippen LogP contribution in [0.4, 0.5) is 4.39 Å². The van der Waals surface area contributed by atoms with E-state index in [1.54, 1.807) is 30.3 Å². The lowest BCUT2D eigenvalue weighted by Crippen LogP contribution is -2.47. The Balaban J connectivity index is 1.58. The van der Waals surface area contributed by atoms with Crippen molar-refractivity contribution in [1.29, 1.82) is 0 Å². The van der Waals surface area contributed by atoms with Gasteiger partial charge in [0.25, 0.3) is 5.91 Å². The maximum absolute atomic E-state index is 13.2. The molecule has 1 heterocycles. The second-order valence-corrected chi connectivity index (χ2v) is 5.96. The molecule has 1 unspecified atom stereocenters. The van der Waals surface area contributed by atoms with Crippen molar-refractivity contribution in [2.24, 2.45) is 0 Å². The first-order valence-electron chi connectivity index (χ1n) is 8.15. The molecule has 2 aromatic carbocycles. The molecule has 1 aliphatic heterocycles. The molecule has 0 spiro atoms. The number of piperidine rings is 1. The average Bonchev–Trinajstić information content (AvgIpc) is 2.62.